The maximum Gasteiger partial charge on any atom is 0.344 e. The summed E-state index contributed by atoms with van der Waals surface area (Å²) in [6.07, 6.45) is 0. The first-order valence-corrected chi connectivity index (χ1v) is 15.6. The standard InChI is InChI=1S/C43H27NO3/c45-43-38-13-5-4-11-35(38)39-27-33(25-26-41(39)47-43)44(31-21-17-29(18-22-31)28-9-2-1-3-10-28)32-23-19-30(20-24-32)34-14-8-15-37-36-12-6-7-16-40(36)46-42(34)37/h1-27H. The maximum absolute atomic E-state index is 12.7. The number of benzene rings is 7. The Balaban J connectivity index is 1.19. The molecule has 0 fully saturated rings. The molecule has 0 spiro atoms. The van der Waals surface area contributed by atoms with Gasteiger partial charge in [-0.25, -0.2) is 4.79 Å². The van der Waals surface area contributed by atoms with E-state index in [9.17, 15) is 4.79 Å². The third-order valence-electron chi connectivity index (χ3n) is 8.93. The van der Waals surface area contributed by atoms with Crippen molar-refractivity contribution in [2.75, 3.05) is 4.90 Å². The first kappa shape index (κ1) is 27.0. The van der Waals surface area contributed by atoms with Gasteiger partial charge in [-0.1, -0.05) is 109 Å². The average molecular weight is 606 g/mol. The van der Waals surface area contributed by atoms with Gasteiger partial charge >= 0.3 is 5.63 Å². The Morgan fingerprint density at radius 2 is 0.957 bits per heavy atom. The van der Waals surface area contributed by atoms with Gasteiger partial charge in [0, 0.05) is 38.8 Å². The summed E-state index contributed by atoms with van der Waals surface area (Å²) in [7, 11) is 0. The van der Waals surface area contributed by atoms with E-state index in [0.717, 1.165) is 66.5 Å². The molecule has 0 atom stereocenters. The molecule has 0 aliphatic carbocycles. The second-order valence-corrected chi connectivity index (χ2v) is 11.7. The quantitative estimate of drug-likeness (QED) is 0.145. The Morgan fingerprint density at radius 3 is 1.72 bits per heavy atom. The number of furan rings is 1. The Kier molecular flexibility index (Phi) is 6.25. The van der Waals surface area contributed by atoms with Gasteiger partial charge in [0.25, 0.3) is 0 Å². The fourth-order valence-corrected chi connectivity index (χ4v) is 6.65. The molecule has 9 aromatic rings. The summed E-state index contributed by atoms with van der Waals surface area (Å²) in [5.74, 6) is 0. The highest BCUT2D eigenvalue weighted by Gasteiger charge is 2.17. The Hall–Kier alpha value is -6.39. The molecule has 4 heteroatoms. The molecule has 0 saturated heterocycles. The van der Waals surface area contributed by atoms with Crippen LogP contribution >= 0.6 is 0 Å². The molecule has 0 saturated carbocycles. The number of hydrogen-bond donors (Lipinski definition) is 0. The Morgan fingerprint density at radius 1 is 0.383 bits per heavy atom. The van der Waals surface area contributed by atoms with E-state index in [2.05, 4.69) is 108 Å². The van der Waals surface area contributed by atoms with E-state index in [0.29, 0.717) is 11.0 Å². The van der Waals surface area contributed by atoms with Gasteiger partial charge in [0.2, 0.25) is 0 Å². The minimum absolute atomic E-state index is 0.329. The third-order valence-corrected chi connectivity index (χ3v) is 8.93. The lowest BCUT2D eigenvalue weighted by Crippen LogP contribution is -2.10. The summed E-state index contributed by atoms with van der Waals surface area (Å²) >= 11 is 0. The molecular formula is C43H27NO3. The molecule has 9 rings (SSSR count). The highest BCUT2D eigenvalue weighted by molar-refractivity contribution is 6.10. The lowest BCUT2D eigenvalue weighted by molar-refractivity contribution is 0.569. The molecule has 2 aromatic heterocycles. The summed E-state index contributed by atoms with van der Waals surface area (Å²) in [4.78, 5) is 14.9. The van der Waals surface area contributed by atoms with E-state index < -0.39 is 0 Å². The normalized spacial score (nSPS) is 11.5. The van der Waals surface area contributed by atoms with Gasteiger partial charge < -0.3 is 13.7 Å². The Labute approximate surface area is 270 Å². The number of para-hydroxylation sites is 2. The molecule has 2 heterocycles. The minimum atomic E-state index is -0.329. The van der Waals surface area contributed by atoms with Crippen molar-refractivity contribution in [3.8, 4) is 22.3 Å². The highest BCUT2D eigenvalue weighted by Crippen LogP contribution is 2.40. The monoisotopic (exact) mass is 605 g/mol. The number of nitrogens with zero attached hydrogens (tertiary/aromatic N) is 1. The lowest BCUT2D eigenvalue weighted by atomic mass is 10.0. The molecule has 0 unspecified atom stereocenters. The molecule has 0 bridgehead atoms. The van der Waals surface area contributed by atoms with E-state index in [1.807, 2.05) is 60.7 Å². The van der Waals surface area contributed by atoms with Crippen LogP contribution in [0.5, 0.6) is 0 Å². The van der Waals surface area contributed by atoms with Crippen LogP contribution in [0.1, 0.15) is 0 Å². The van der Waals surface area contributed by atoms with Gasteiger partial charge in [0.05, 0.1) is 5.39 Å². The van der Waals surface area contributed by atoms with E-state index in [-0.39, 0.29) is 5.63 Å². The fourth-order valence-electron chi connectivity index (χ4n) is 6.65. The van der Waals surface area contributed by atoms with E-state index in [1.165, 1.54) is 5.56 Å². The van der Waals surface area contributed by atoms with Gasteiger partial charge in [-0.3, -0.25) is 0 Å². The van der Waals surface area contributed by atoms with Crippen molar-refractivity contribution < 1.29 is 8.83 Å². The fraction of sp³-hybridized carbons (Fsp3) is 0. The SMILES string of the molecule is O=c1oc2ccc(N(c3ccc(-c4ccccc4)cc3)c3ccc(-c4cccc5c4oc4ccccc45)cc3)cc2c2ccccc12. The number of anilines is 3. The topological polar surface area (TPSA) is 46.6 Å². The molecule has 222 valence electrons. The van der Waals surface area contributed by atoms with Crippen LogP contribution in [0, 0.1) is 0 Å². The summed E-state index contributed by atoms with van der Waals surface area (Å²) in [6.45, 7) is 0. The van der Waals surface area contributed by atoms with Crippen LogP contribution in [0.3, 0.4) is 0 Å². The van der Waals surface area contributed by atoms with Gasteiger partial charge in [0.1, 0.15) is 16.7 Å². The third kappa shape index (κ3) is 4.58. The predicted octanol–water partition coefficient (Wildman–Crippen LogP) is 11.6. The van der Waals surface area contributed by atoms with Gasteiger partial charge in [-0.15, -0.1) is 0 Å². The summed E-state index contributed by atoms with van der Waals surface area (Å²) in [5, 5.41) is 4.55. The predicted molar refractivity (Wildman–Crippen MR) is 193 cm³/mol. The van der Waals surface area contributed by atoms with Crippen molar-refractivity contribution >= 4 is 60.7 Å². The zero-order valence-corrected chi connectivity index (χ0v) is 25.3. The maximum atomic E-state index is 12.7. The second-order valence-electron chi connectivity index (χ2n) is 11.7. The smallest absolute Gasteiger partial charge is 0.344 e. The largest absolute Gasteiger partial charge is 0.455 e. The van der Waals surface area contributed by atoms with Crippen LogP contribution in [-0.2, 0) is 0 Å². The first-order valence-electron chi connectivity index (χ1n) is 15.6. The molecule has 7 aromatic carbocycles. The van der Waals surface area contributed by atoms with Crippen molar-refractivity contribution in [3.05, 3.63) is 174 Å². The van der Waals surface area contributed by atoms with Crippen LogP contribution in [-0.4, -0.2) is 0 Å². The van der Waals surface area contributed by atoms with Gasteiger partial charge in [-0.2, -0.15) is 0 Å². The van der Waals surface area contributed by atoms with Crippen molar-refractivity contribution in [2.24, 2.45) is 0 Å². The van der Waals surface area contributed by atoms with E-state index >= 15 is 0 Å². The lowest BCUT2D eigenvalue weighted by Gasteiger charge is -2.26. The molecule has 4 nitrogen and oxygen atoms in total. The van der Waals surface area contributed by atoms with Gasteiger partial charge in [0.15, 0.2) is 0 Å². The molecule has 0 amide bonds. The summed E-state index contributed by atoms with van der Waals surface area (Å²) < 4.78 is 12.1. The van der Waals surface area contributed by atoms with E-state index in [1.54, 1.807) is 0 Å². The Bertz CT molecular complexity index is 2630. The number of hydrogen-bond acceptors (Lipinski definition) is 4. The molecule has 0 radical (unpaired) electrons. The molecule has 0 N–H and O–H groups in total. The number of rotatable bonds is 5. The first-order chi connectivity index (χ1) is 23.2. The van der Waals surface area contributed by atoms with Crippen molar-refractivity contribution in [3.63, 3.8) is 0 Å². The van der Waals surface area contributed by atoms with Crippen molar-refractivity contribution in [1.82, 2.24) is 0 Å². The van der Waals surface area contributed by atoms with Gasteiger partial charge in [-0.05, 0) is 76.7 Å². The van der Waals surface area contributed by atoms with Crippen LogP contribution in [0.4, 0.5) is 17.1 Å². The molecule has 0 aliphatic heterocycles. The summed E-state index contributed by atoms with van der Waals surface area (Å²) in [5.41, 5.74) is 9.41. The molecule has 47 heavy (non-hydrogen) atoms. The second kappa shape index (κ2) is 10.9. The highest BCUT2D eigenvalue weighted by atomic mass is 16.4. The summed E-state index contributed by atoms with van der Waals surface area (Å²) in [6, 6.07) is 55.7. The zero-order valence-electron chi connectivity index (χ0n) is 25.3. The van der Waals surface area contributed by atoms with Crippen molar-refractivity contribution in [1.29, 1.82) is 0 Å². The number of fused-ring (bicyclic) bond motifs is 6. The van der Waals surface area contributed by atoms with Crippen molar-refractivity contribution in [2.45, 2.75) is 0 Å². The van der Waals surface area contributed by atoms with Crippen LogP contribution in [0.15, 0.2) is 177 Å². The van der Waals surface area contributed by atoms with E-state index in [4.69, 9.17) is 8.83 Å². The zero-order chi connectivity index (χ0) is 31.3. The van der Waals surface area contributed by atoms with Crippen LogP contribution in [0.2, 0.25) is 0 Å². The molecule has 0 aliphatic rings. The van der Waals surface area contributed by atoms with Crippen LogP contribution in [0.25, 0.3) is 65.9 Å². The van der Waals surface area contributed by atoms with Crippen LogP contribution < -0.4 is 10.5 Å². The molecular weight excluding hydrogens is 578 g/mol. The minimum Gasteiger partial charge on any atom is -0.455 e. The average Bonchev–Trinajstić information content (AvgIpc) is 3.52.